The molecule has 0 spiro atoms. The van der Waals surface area contributed by atoms with E-state index in [-0.39, 0.29) is 0 Å². The predicted octanol–water partition coefficient (Wildman–Crippen LogP) is 4.09. The van der Waals surface area contributed by atoms with E-state index in [9.17, 15) is 0 Å². The van der Waals surface area contributed by atoms with Crippen molar-refractivity contribution in [3.05, 3.63) is 46.2 Å². The zero-order valence-electron chi connectivity index (χ0n) is 12.7. The normalized spacial score (nSPS) is 17.4. The Morgan fingerprint density at radius 1 is 1.33 bits per heavy atom. The van der Waals surface area contributed by atoms with Gasteiger partial charge in [0, 0.05) is 24.7 Å². The Labute approximate surface area is 131 Å². The van der Waals surface area contributed by atoms with Crippen LogP contribution in [0.2, 0.25) is 5.02 Å². The summed E-state index contributed by atoms with van der Waals surface area (Å²) in [5, 5.41) is 9.13. The summed E-state index contributed by atoms with van der Waals surface area (Å²) in [6, 6.07) is 9.00. The summed E-state index contributed by atoms with van der Waals surface area (Å²) in [6.07, 6.45) is 4.10. The average Bonchev–Trinajstić information content (AvgIpc) is 2.83. The van der Waals surface area contributed by atoms with E-state index in [2.05, 4.69) is 53.2 Å². The van der Waals surface area contributed by atoms with Crippen molar-refractivity contribution in [1.29, 1.82) is 0 Å². The third kappa shape index (κ3) is 2.80. The summed E-state index contributed by atoms with van der Waals surface area (Å²) in [4.78, 5) is 0. The molecule has 1 aromatic heterocycles. The van der Waals surface area contributed by atoms with Gasteiger partial charge in [-0.05, 0) is 37.8 Å². The van der Waals surface area contributed by atoms with Crippen LogP contribution in [0.5, 0.6) is 0 Å². The summed E-state index contributed by atoms with van der Waals surface area (Å²) in [5.74, 6) is 0. The van der Waals surface area contributed by atoms with Gasteiger partial charge in [-0.1, -0.05) is 36.7 Å². The second-order valence-electron chi connectivity index (χ2n) is 5.62. The van der Waals surface area contributed by atoms with Crippen molar-refractivity contribution in [1.82, 2.24) is 9.78 Å². The van der Waals surface area contributed by atoms with Gasteiger partial charge in [0.2, 0.25) is 0 Å². The number of rotatable bonds is 4. The molecule has 1 aliphatic rings. The van der Waals surface area contributed by atoms with Gasteiger partial charge in [-0.2, -0.15) is 5.10 Å². The molecule has 4 heteroatoms. The van der Waals surface area contributed by atoms with Crippen LogP contribution in [0.15, 0.2) is 24.3 Å². The number of nitrogens with zero attached hydrogens (tertiary/aromatic N) is 2. The number of benzene rings is 1. The predicted molar refractivity (Wildman–Crippen MR) is 88.2 cm³/mol. The van der Waals surface area contributed by atoms with Crippen molar-refractivity contribution < 1.29 is 0 Å². The molecule has 0 aliphatic carbocycles. The first-order chi connectivity index (χ1) is 10.2. The summed E-state index contributed by atoms with van der Waals surface area (Å²) >= 11 is 6.52. The van der Waals surface area contributed by atoms with E-state index >= 15 is 0 Å². The lowest BCUT2D eigenvalue weighted by molar-refractivity contribution is 0.564. The fourth-order valence-electron chi connectivity index (χ4n) is 3.10. The number of hydrogen-bond donors (Lipinski definition) is 1. The third-order valence-corrected chi connectivity index (χ3v) is 4.71. The van der Waals surface area contributed by atoms with Crippen molar-refractivity contribution >= 4 is 17.3 Å². The SMILES string of the molecule is CCc1nn(CC)c(CC2CCc3ccccc3N2)c1Cl. The molecule has 112 valence electrons. The average molecular weight is 304 g/mol. The molecule has 2 aromatic rings. The van der Waals surface area contributed by atoms with Gasteiger partial charge in [-0.3, -0.25) is 4.68 Å². The molecule has 0 bridgehead atoms. The lowest BCUT2D eigenvalue weighted by atomic mass is 9.95. The van der Waals surface area contributed by atoms with E-state index in [1.165, 1.54) is 16.9 Å². The van der Waals surface area contributed by atoms with Crippen molar-refractivity contribution in [3.8, 4) is 0 Å². The minimum Gasteiger partial charge on any atom is -0.382 e. The highest BCUT2D eigenvalue weighted by atomic mass is 35.5. The first-order valence-electron chi connectivity index (χ1n) is 7.81. The summed E-state index contributed by atoms with van der Waals surface area (Å²) in [5.41, 5.74) is 4.87. The van der Waals surface area contributed by atoms with Crippen LogP contribution in [0.4, 0.5) is 5.69 Å². The maximum Gasteiger partial charge on any atom is 0.0850 e. The van der Waals surface area contributed by atoms with Crippen LogP contribution >= 0.6 is 11.6 Å². The second kappa shape index (κ2) is 6.10. The lowest BCUT2D eigenvalue weighted by Gasteiger charge is -2.27. The molecule has 1 N–H and O–H groups in total. The van der Waals surface area contributed by atoms with E-state index in [0.717, 1.165) is 42.9 Å². The topological polar surface area (TPSA) is 29.9 Å². The van der Waals surface area contributed by atoms with Crippen molar-refractivity contribution in [2.75, 3.05) is 5.32 Å². The Bertz CT molecular complexity index is 633. The van der Waals surface area contributed by atoms with Crippen molar-refractivity contribution in [2.24, 2.45) is 0 Å². The molecule has 0 amide bonds. The van der Waals surface area contributed by atoms with Gasteiger partial charge in [0.25, 0.3) is 0 Å². The smallest absolute Gasteiger partial charge is 0.0850 e. The zero-order chi connectivity index (χ0) is 14.8. The van der Waals surface area contributed by atoms with Crippen LogP contribution < -0.4 is 5.32 Å². The number of hydrogen-bond acceptors (Lipinski definition) is 2. The van der Waals surface area contributed by atoms with Crippen molar-refractivity contribution in [3.63, 3.8) is 0 Å². The number of fused-ring (bicyclic) bond motifs is 1. The highest BCUT2D eigenvalue weighted by molar-refractivity contribution is 6.31. The summed E-state index contributed by atoms with van der Waals surface area (Å²) < 4.78 is 2.06. The van der Waals surface area contributed by atoms with E-state index in [4.69, 9.17) is 11.6 Å². The monoisotopic (exact) mass is 303 g/mol. The Morgan fingerprint density at radius 2 is 2.14 bits per heavy atom. The summed E-state index contributed by atoms with van der Waals surface area (Å²) in [7, 11) is 0. The van der Waals surface area contributed by atoms with Gasteiger partial charge in [0.15, 0.2) is 0 Å². The molecule has 1 unspecified atom stereocenters. The molecule has 1 aliphatic heterocycles. The number of para-hydroxylation sites is 1. The van der Waals surface area contributed by atoms with Gasteiger partial charge < -0.3 is 5.32 Å². The molecule has 1 aromatic carbocycles. The van der Waals surface area contributed by atoms with Gasteiger partial charge in [0.05, 0.1) is 16.4 Å². The highest BCUT2D eigenvalue weighted by Crippen LogP contribution is 2.29. The zero-order valence-corrected chi connectivity index (χ0v) is 13.5. The first-order valence-corrected chi connectivity index (χ1v) is 8.19. The molecular formula is C17H22ClN3. The quantitative estimate of drug-likeness (QED) is 0.922. The minimum absolute atomic E-state index is 0.434. The molecule has 0 fully saturated rings. The Balaban J connectivity index is 1.81. The summed E-state index contributed by atoms with van der Waals surface area (Å²) in [6.45, 7) is 5.10. The minimum atomic E-state index is 0.434. The molecule has 0 saturated carbocycles. The number of halogens is 1. The van der Waals surface area contributed by atoms with E-state index in [1.54, 1.807) is 0 Å². The number of nitrogens with one attached hydrogen (secondary N) is 1. The standard InChI is InChI=1S/C17H22ClN3/c1-3-14-17(18)16(21(4-2)20-14)11-13-10-9-12-7-5-6-8-15(12)19-13/h5-8,13,19H,3-4,9-11H2,1-2H3. The molecule has 21 heavy (non-hydrogen) atoms. The molecule has 2 heterocycles. The van der Waals surface area contributed by atoms with E-state index < -0.39 is 0 Å². The number of aromatic nitrogens is 2. The van der Waals surface area contributed by atoms with Crippen LogP contribution in [-0.4, -0.2) is 15.8 Å². The third-order valence-electron chi connectivity index (χ3n) is 4.27. The largest absolute Gasteiger partial charge is 0.382 e. The maximum atomic E-state index is 6.52. The van der Waals surface area contributed by atoms with Crippen LogP contribution in [0.3, 0.4) is 0 Å². The van der Waals surface area contributed by atoms with E-state index in [0.29, 0.717) is 6.04 Å². The Hall–Kier alpha value is -1.48. The van der Waals surface area contributed by atoms with E-state index in [1.807, 2.05) is 0 Å². The second-order valence-corrected chi connectivity index (χ2v) is 6.00. The number of aryl methyl sites for hydroxylation is 3. The first kappa shape index (κ1) is 14.5. The maximum absolute atomic E-state index is 6.52. The van der Waals surface area contributed by atoms with Crippen molar-refractivity contribution in [2.45, 2.75) is 52.1 Å². The van der Waals surface area contributed by atoms with Gasteiger partial charge in [0.1, 0.15) is 0 Å². The van der Waals surface area contributed by atoms with Crippen LogP contribution in [0.1, 0.15) is 37.2 Å². The molecule has 3 rings (SSSR count). The highest BCUT2D eigenvalue weighted by Gasteiger charge is 2.22. The Morgan fingerprint density at radius 3 is 2.90 bits per heavy atom. The van der Waals surface area contributed by atoms with Gasteiger partial charge in [-0.25, -0.2) is 0 Å². The fourth-order valence-corrected chi connectivity index (χ4v) is 3.45. The molecule has 3 nitrogen and oxygen atoms in total. The molecule has 1 atom stereocenters. The molecule has 0 saturated heterocycles. The number of anilines is 1. The Kier molecular flexibility index (Phi) is 4.20. The van der Waals surface area contributed by atoms with Crippen LogP contribution in [0.25, 0.3) is 0 Å². The van der Waals surface area contributed by atoms with Crippen LogP contribution in [0, 0.1) is 0 Å². The lowest BCUT2D eigenvalue weighted by Crippen LogP contribution is -2.28. The van der Waals surface area contributed by atoms with Gasteiger partial charge in [-0.15, -0.1) is 0 Å². The molecular weight excluding hydrogens is 282 g/mol. The van der Waals surface area contributed by atoms with Crippen LogP contribution in [-0.2, 0) is 25.8 Å². The van der Waals surface area contributed by atoms with Gasteiger partial charge >= 0.3 is 0 Å². The molecule has 0 radical (unpaired) electrons. The fraction of sp³-hybridized carbons (Fsp3) is 0.471.